The van der Waals surface area contributed by atoms with Crippen molar-refractivity contribution >= 4 is 11.8 Å². The summed E-state index contributed by atoms with van der Waals surface area (Å²) >= 11 is 0. The van der Waals surface area contributed by atoms with E-state index in [2.05, 4.69) is 12.1 Å². The summed E-state index contributed by atoms with van der Waals surface area (Å²) in [7, 11) is 0. The van der Waals surface area contributed by atoms with Crippen LogP contribution in [0.2, 0.25) is 0 Å². The van der Waals surface area contributed by atoms with Crippen LogP contribution in [0.15, 0.2) is 36.4 Å². The van der Waals surface area contributed by atoms with Gasteiger partial charge in [0.05, 0.1) is 5.56 Å². The first-order valence-corrected chi connectivity index (χ1v) is 9.13. The molecule has 2 aromatic carbocycles. The first-order chi connectivity index (χ1) is 12.1. The van der Waals surface area contributed by atoms with Crippen LogP contribution in [0, 0.1) is 0 Å². The molecule has 3 nitrogen and oxygen atoms in total. The molecular formula is C22H22O3. The normalized spacial score (nSPS) is 16.3. The van der Waals surface area contributed by atoms with E-state index >= 15 is 0 Å². The van der Waals surface area contributed by atoms with E-state index < -0.39 is 5.97 Å². The van der Waals surface area contributed by atoms with Crippen molar-refractivity contribution < 1.29 is 14.7 Å². The molecule has 0 unspecified atom stereocenters. The van der Waals surface area contributed by atoms with Gasteiger partial charge in [-0.2, -0.15) is 0 Å². The Morgan fingerprint density at radius 1 is 0.920 bits per heavy atom. The first kappa shape index (κ1) is 16.1. The monoisotopic (exact) mass is 334 g/mol. The second-order valence-corrected chi connectivity index (χ2v) is 7.29. The summed E-state index contributed by atoms with van der Waals surface area (Å²) in [4.78, 5) is 23.5. The third kappa shape index (κ3) is 3.11. The Morgan fingerprint density at radius 3 is 2.04 bits per heavy atom. The molecule has 2 aliphatic rings. The SMILES string of the molecule is O=C(O)c1ccc(C(=O)Cc2cc3c4c(c2)CCCC4CCC3)cc1. The molecule has 0 radical (unpaired) electrons. The fraction of sp³-hybridized carbons (Fsp3) is 0.364. The smallest absolute Gasteiger partial charge is 0.335 e. The maximum absolute atomic E-state index is 12.6. The fourth-order valence-electron chi connectivity index (χ4n) is 4.49. The van der Waals surface area contributed by atoms with Crippen molar-refractivity contribution in [1.29, 1.82) is 0 Å². The van der Waals surface area contributed by atoms with Crippen LogP contribution < -0.4 is 0 Å². The molecule has 0 amide bonds. The lowest BCUT2D eigenvalue weighted by molar-refractivity contribution is 0.0696. The molecule has 0 saturated heterocycles. The Morgan fingerprint density at radius 2 is 1.48 bits per heavy atom. The van der Waals surface area contributed by atoms with Crippen LogP contribution in [-0.4, -0.2) is 16.9 Å². The van der Waals surface area contributed by atoms with Gasteiger partial charge in [0.2, 0.25) is 0 Å². The summed E-state index contributed by atoms with van der Waals surface area (Å²) < 4.78 is 0. The average Bonchev–Trinajstić information content (AvgIpc) is 2.62. The third-order valence-electron chi connectivity index (χ3n) is 5.64. The molecule has 0 bridgehead atoms. The minimum atomic E-state index is -0.970. The van der Waals surface area contributed by atoms with Crippen molar-refractivity contribution in [2.75, 3.05) is 0 Å². The maximum atomic E-state index is 12.6. The van der Waals surface area contributed by atoms with Gasteiger partial charge in [-0.3, -0.25) is 4.79 Å². The van der Waals surface area contributed by atoms with E-state index in [1.165, 1.54) is 48.9 Å². The minimum Gasteiger partial charge on any atom is -0.478 e. The van der Waals surface area contributed by atoms with E-state index in [-0.39, 0.29) is 11.3 Å². The van der Waals surface area contributed by atoms with Gasteiger partial charge >= 0.3 is 5.97 Å². The summed E-state index contributed by atoms with van der Waals surface area (Å²) in [6, 6.07) is 10.7. The highest BCUT2D eigenvalue weighted by molar-refractivity contribution is 5.98. The van der Waals surface area contributed by atoms with Gasteiger partial charge in [0.25, 0.3) is 0 Å². The molecular weight excluding hydrogens is 312 g/mol. The van der Waals surface area contributed by atoms with Crippen LogP contribution in [0.1, 0.15) is 74.6 Å². The maximum Gasteiger partial charge on any atom is 0.335 e. The van der Waals surface area contributed by atoms with Gasteiger partial charge in [0.1, 0.15) is 0 Å². The lowest BCUT2D eigenvalue weighted by Crippen LogP contribution is -2.18. The molecule has 0 aromatic heterocycles. The number of benzene rings is 2. The van der Waals surface area contributed by atoms with Crippen molar-refractivity contribution in [2.45, 2.75) is 50.9 Å². The summed E-state index contributed by atoms with van der Waals surface area (Å²) in [5, 5.41) is 8.96. The molecule has 128 valence electrons. The predicted octanol–water partition coefficient (Wildman–Crippen LogP) is 4.57. The molecule has 0 atom stereocenters. The van der Waals surface area contributed by atoms with Crippen molar-refractivity contribution in [3.63, 3.8) is 0 Å². The van der Waals surface area contributed by atoms with Gasteiger partial charge in [-0.05, 0) is 78.8 Å². The first-order valence-electron chi connectivity index (χ1n) is 9.13. The summed E-state index contributed by atoms with van der Waals surface area (Å²) in [6.45, 7) is 0. The Kier molecular flexibility index (Phi) is 4.16. The average molecular weight is 334 g/mol. The summed E-state index contributed by atoms with van der Waals surface area (Å²) in [5.74, 6) is -0.185. The number of rotatable bonds is 4. The molecule has 3 heteroatoms. The van der Waals surface area contributed by atoms with Crippen LogP contribution in [0.25, 0.3) is 0 Å². The van der Waals surface area contributed by atoms with Crippen molar-refractivity contribution in [2.24, 2.45) is 0 Å². The number of carbonyl (C=O) groups excluding carboxylic acids is 1. The van der Waals surface area contributed by atoms with Gasteiger partial charge in [-0.25, -0.2) is 4.79 Å². The number of hydrogen-bond donors (Lipinski definition) is 1. The molecule has 4 rings (SSSR count). The lowest BCUT2D eigenvalue weighted by atomic mass is 9.72. The Hall–Kier alpha value is -2.42. The van der Waals surface area contributed by atoms with Gasteiger partial charge in [0, 0.05) is 12.0 Å². The molecule has 0 heterocycles. The standard InChI is InChI=1S/C22H22O3/c23-20(15-7-9-17(10-8-15)22(24)25)13-14-11-18-5-1-3-16-4-2-6-19(12-14)21(16)18/h7-12,16H,1-6,13H2,(H,24,25). The largest absolute Gasteiger partial charge is 0.478 e. The van der Waals surface area contributed by atoms with Gasteiger partial charge in [-0.15, -0.1) is 0 Å². The highest BCUT2D eigenvalue weighted by atomic mass is 16.4. The molecule has 25 heavy (non-hydrogen) atoms. The highest BCUT2D eigenvalue weighted by Crippen LogP contribution is 2.41. The zero-order chi connectivity index (χ0) is 17.4. The number of hydrogen-bond acceptors (Lipinski definition) is 2. The molecule has 2 aliphatic carbocycles. The third-order valence-corrected chi connectivity index (χ3v) is 5.64. The molecule has 2 aromatic rings. The number of Topliss-reactive ketones (excluding diaryl/α,β-unsaturated/α-hetero) is 1. The Bertz CT molecular complexity index is 802. The molecule has 0 aliphatic heterocycles. The summed E-state index contributed by atoms with van der Waals surface area (Å²) in [6.07, 6.45) is 7.79. The highest BCUT2D eigenvalue weighted by Gasteiger charge is 2.27. The Labute approximate surface area is 147 Å². The van der Waals surface area contributed by atoms with Crippen LogP contribution >= 0.6 is 0 Å². The zero-order valence-electron chi connectivity index (χ0n) is 14.3. The van der Waals surface area contributed by atoms with Gasteiger partial charge in [-0.1, -0.05) is 24.3 Å². The van der Waals surface area contributed by atoms with E-state index in [4.69, 9.17) is 5.11 Å². The van der Waals surface area contributed by atoms with E-state index in [9.17, 15) is 9.59 Å². The van der Waals surface area contributed by atoms with Crippen molar-refractivity contribution in [3.8, 4) is 0 Å². The van der Waals surface area contributed by atoms with Crippen LogP contribution in [-0.2, 0) is 19.3 Å². The summed E-state index contributed by atoms with van der Waals surface area (Å²) in [5.41, 5.74) is 6.38. The quantitative estimate of drug-likeness (QED) is 0.834. The van der Waals surface area contributed by atoms with E-state index in [1.807, 2.05) is 0 Å². The number of aromatic carboxylic acids is 1. The second-order valence-electron chi connectivity index (χ2n) is 7.29. The van der Waals surface area contributed by atoms with Crippen LogP contribution in [0.3, 0.4) is 0 Å². The van der Waals surface area contributed by atoms with Crippen LogP contribution in [0.4, 0.5) is 0 Å². The zero-order valence-corrected chi connectivity index (χ0v) is 14.3. The second kappa shape index (κ2) is 6.47. The fourth-order valence-corrected chi connectivity index (χ4v) is 4.49. The number of ketones is 1. The number of carboxylic acids is 1. The van der Waals surface area contributed by atoms with Gasteiger partial charge in [0.15, 0.2) is 5.78 Å². The van der Waals surface area contributed by atoms with E-state index in [1.54, 1.807) is 17.7 Å². The minimum absolute atomic E-state index is 0.0484. The lowest BCUT2D eigenvalue weighted by Gasteiger charge is -2.32. The number of carbonyl (C=O) groups is 2. The molecule has 1 N–H and O–H groups in total. The Balaban J connectivity index is 1.58. The topological polar surface area (TPSA) is 54.4 Å². The van der Waals surface area contributed by atoms with Gasteiger partial charge < -0.3 is 5.11 Å². The van der Waals surface area contributed by atoms with Crippen molar-refractivity contribution in [3.05, 3.63) is 69.8 Å². The molecule has 0 spiro atoms. The number of aryl methyl sites for hydroxylation is 2. The van der Waals surface area contributed by atoms with Crippen molar-refractivity contribution in [1.82, 2.24) is 0 Å². The predicted molar refractivity (Wildman–Crippen MR) is 96.5 cm³/mol. The molecule has 0 fully saturated rings. The van der Waals surface area contributed by atoms with E-state index in [0.717, 1.165) is 24.3 Å². The molecule has 0 saturated carbocycles. The van der Waals surface area contributed by atoms with Crippen LogP contribution in [0.5, 0.6) is 0 Å². The van der Waals surface area contributed by atoms with E-state index in [0.29, 0.717) is 12.0 Å². The number of carboxylic acid groups (broad SMARTS) is 1.